The average Bonchev–Trinajstić information content (AvgIpc) is 2.90. The lowest BCUT2D eigenvalue weighted by molar-refractivity contribution is 0.230. The van der Waals surface area contributed by atoms with E-state index in [0.717, 1.165) is 30.0 Å². The van der Waals surface area contributed by atoms with E-state index < -0.39 is 0 Å². The first-order valence-corrected chi connectivity index (χ1v) is 7.30. The molecule has 0 N–H and O–H groups in total. The quantitative estimate of drug-likeness (QED) is 0.710. The Kier molecular flexibility index (Phi) is 4.02. The highest BCUT2D eigenvalue weighted by Crippen LogP contribution is 2.20. The van der Waals surface area contributed by atoms with Gasteiger partial charge in [-0.1, -0.05) is 24.3 Å². The molecular weight excluding hydrogens is 260 g/mol. The molecular formula is C18H20N2O. The summed E-state index contributed by atoms with van der Waals surface area (Å²) in [5.41, 5.74) is 2.08. The van der Waals surface area contributed by atoms with Crippen LogP contribution in [-0.4, -0.2) is 23.0 Å². The number of para-hydroxylation sites is 1. The number of hydrogen-bond acceptors (Lipinski definition) is 3. The fourth-order valence-electron chi connectivity index (χ4n) is 2.49. The Morgan fingerprint density at radius 2 is 1.95 bits per heavy atom. The average molecular weight is 280 g/mol. The van der Waals surface area contributed by atoms with Crippen LogP contribution in [-0.2, 0) is 13.0 Å². The Morgan fingerprint density at radius 3 is 2.71 bits per heavy atom. The third-order valence-corrected chi connectivity index (χ3v) is 3.86. The molecule has 2 heterocycles. The van der Waals surface area contributed by atoms with Crippen molar-refractivity contribution in [3.8, 4) is 0 Å². The molecule has 0 fully saturated rings. The Hall–Kier alpha value is -2.13. The lowest BCUT2D eigenvalue weighted by Gasteiger charge is -2.23. The monoisotopic (exact) mass is 280 g/mol. The lowest BCUT2D eigenvalue weighted by atomic mass is 10.1. The van der Waals surface area contributed by atoms with E-state index >= 15 is 0 Å². The molecule has 108 valence electrons. The van der Waals surface area contributed by atoms with E-state index in [1.54, 1.807) is 0 Å². The van der Waals surface area contributed by atoms with Crippen molar-refractivity contribution >= 4 is 11.0 Å². The van der Waals surface area contributed by atoms with E-state index in [1.165, 1.54) is 5.39 Å². The number of benzene rings is 1. The van der Waals surface area contributed by atoms with Gasteiger partial charge in [-0.15, -0.1) is 0 Å². The molecule has 3 heteroatoms. The number of likely N-dealkylation sites (N-methyl/N-ethyl adjacent to an activating group) is 1. The van der Waals surface area contributed by atoms with Gasteiger partial charge in [-0.3, -0.25) is 9.88 Å². The highest BCUT2D eigenvalue weighted by molar-refractivity contribution is 5.77. The van der Waals surface area contributed by atoms with Gasteiger partial charge in [-0.25, -0.2) is 0 Å². The van der Waals surface area contributed by atoms with Gasteiger partial charge >= 0.3 is 0 Å². The maximum Gasteiger partial charge on any atom is 0.134 e. The van der Waals surface area contributed by atoms with Crippen LogP contribution in [0.4, 0.5) is 0 Å². The van der Waals surface area contributed by atoms with Crippen LogP contribution in [0.15, 0.2) is 59.1 Å². The van der Waals surface area contributed by atoms with Crippen LogP contribution in [0, 0.1) is 0 Å². The Bertz CT molecular complexity index is 672. The van der Waals surface area contributed by atoms with Gasteiger partial charge in [0.1, 0.15) is 11.3 Å². The number of fused-ring (bicyclic) bond motifs is 1. The van der Waals surface area contributed by atoms with E-state index in [4.69, 9.17) is 4.42 Å². The molecule has 1 aromatic carbocycles. The first kappa shape index (κ1) is 13.8. The fourth-order valence-corrected chi connectivity index (χ4v) is 2.49. The largest absolute Gasteiger partial charge is 0.460 e. The predicted molar refractivity (Wildman–Crippen MR) is 85.1 cm³/mol. The van der Waals surface area contributed by atoms with Crippen molar-refractivity contribution < 1.29 is 4.42 Å². The summed E-state index contributed by atoms with van der Waals surface area (Å²) >= 11 is 0. The zero-order valence-electron chi connectivity index (χ0n) is 12.5. The van der Waals surface area contributed by atoms with Gasteiger partial charge in [0.15, 0.2) is 0 Å². The van der Waals surface area contributed by atoms with Crippen LogP contribution in [0.5, 0.6) is 0 Å². The molecule has 0 unspecified atom stereocenters. The molecule has 0 radical (unpaired) electrons. The summed E-state index contributed by atoms with van der Waals surface area (Å²) in [6.07, 6.45) is 2.79. The number of nitrogens with zero attached hydrogens (tertiary/aromatic N) is 2. The third-order valence-electron chi connectivity index (χ3n) is 3.86. The lowest BCUT2D eigenvalue weighted by Crippen LogP contribution is -2.30. The van der Waals surface area contributed by atoms with E-state index in [2.05, 4.69) is 42.1 Å². The molecule has 3 rings (SSSR count). The molecule has 0 amide bonds. The molecule has 2 aromatic heterocycles. The molecule has 0 saturated heterocycles. The third kappa shape index (κ3) is 3.31. The molecule has 0 saturated carbocycles. The zero-order valence-corrected chi connectivity index (χ0v) is 12.5. The summed E-state index contributed by atoms with van der Waals surface area (Å²) in [5.74, 6) is 1.01. The van der Waals surface area contributed by atoms with Gasteiger partial charge < -0.3 is 4.42 Å². The van der Waals surface area contributed by atoms with Crippen LogP contribution in [0.3, 0.4) is 0 Å². The first-order chi connectivity index (χ1) is 10.2. The van der Waals surface area contributed by atoms with E-state index in [9.17, 15) is 0 Å². The van der Waals surface area contributed by atoms with Crippen molar-refractivity contribution in [2.75, 3.05) is 7.05 Å². The maximum atomic E-state index is 5.88. The second kappa shape index (κ2) is 6.10. The second-order valence-corrected chi connectivity index (χ2v) is 5.54. The molecule has 0 aliphatic rings. The Morgan fingerprint density at radius 1 is 1.14 bits per heavy atom. The summed E-state index contributed by atoms with van der Waals surface area (Å²) in [5, 5.41) is 1.17. The van der Waals surface area contributed by atoms with Crippen LogP contribution in [0.1, 0.15) is 18.4 Å². The minimum Gasteiger partial charge on any atom is -0.460 e. The van der Waals surface area contributed by atoms with Gasteiger partial charge in [0.2, 0.25) is 0 Å². The molecule has 0 aliphatic heterocycles. The number of aromatic nitrogens is 1. The molecule has 0 bridgehead atoms. The smallest absolute Gasteiger partial charge is 0.134 e. The van der Waals surface area contributed by atoms with Gasteiger partial charge in [0.05, 0.1) is 6.54 Å². The minimum absolute atomic E-state index is 0.410. The van der Waals surface area contributed by atoms with Gasteiger partial charge in [0.25, 0.3) is 0 Å². The van der Waals surface area contributed by atoms with Crippen LogP contribution < -0.4 is 0 Å². The van der Waals surface area contributed by atoms with Crippen LogP contribution >= 0.6 is 0 Å². The summed E-state index contributed by atoms with van der Waals surface area (Å²) < 4.78 is 5.88. The maximum absolute atomic E-state index is 5.88. The summed E-state index contributed by atoms with van der Waals surface area (Å²) in [4.78, 5) is 6.69. The number of rotatable bonds is 5. The normalized spacial score (nSPS) is 12.9. The summed E-state index contributed by atoms with van der Waals surface area (Å²) in [6, 6.07) is 16.7. The first-order valence-electron chi connectivity index (χ1n) is 7.30. The SMILES string of the molecule is C[C@H](Cc1ccccn1)N(C)Cc1cc2ccccc2o1. The molecule has 21 heavy (non-hydrogen) atoms. The van der Waals surface area contributed by atoms with Crippen molar-refractivity contribution in [3.05, 3.63) is 66.2 Å². The highest BCUT2D eigenvalue weighted by atomic mass is 16.3. The molecule has 3 nitrogen and oxygen atoms in total. The zero-order chi connectivity index (χ0) is 14.7. The van der Waals surface area contributed by atoms with Crippen molar-refractivity contribution in [1.29, 1.82) is 0 Å². The van der Waals surface area contributed by atoms with Gasteiger partial charge in [0, 0.05) is 29.7 Å². The van der Waals surface area contributed by atoms with Crippen LogP contribution in [0.2, 0.25) is 0 Å². The van der Waals surface area contributed by atoms with E-state index in [0.29, 0.717) is 6.04 Å². The van der Waals surface area contributed by atoms with Crippen molar-refractivity contribution in [2.45, 2.75) is 25.9 Å². The fraction of sp³-hybridized carbons (Fsp3) is 0.278. The number of hydrogen-bond donors (Lipinski definition) is 0. The Labute approximate surface area is 125 Å². The van der Waals surface area contributed by atoms with Crippen molar-refractivity contribution in [3.63, 3.8) is 0 Å². The number of furan rings is 1. The van der Waals surface area contributed by atoms with Crippen LogP contribution in [0.25, 0.3) is 11.0 Å². The van der Waals surface area contributed by atoms with Crippen molar-refractivity contribution in [2.24, 2.45) is 0 Å². The van der Waals surface area contributed by atoms with E-state index in [-0.39, 0.29) is 0 Å². The predicted octanol–water partition coefficient (Wildman–Crippen LogP) is 3.89. The van der Waals surface area contributed by atoms with Gasteiger partial charge in [-0.05, 0) is 38.2 Å². The standard InChI is InChI=1S/C18H20N2O/c1-14(11-16-8-5-6-10-19-16)20(2)13-17-12-15-7-3-4-9-18(15)21-17/h3-10,12,14H,11,13H2,1-2H3/t14-/m1/s1. The molecule has 0 spiro atoms. The second-order valence-electron chi connectivity index (χ2n) is 5.54. The topological polar surface area (TPSA) is 29.3 Å². The highest BCUT2D eigenvalue weighted by Gasteiger charge is 2.13. The molecule has 1 atom stereocenters. The number of pyridine rings is 1. The van der Waals surface area contributed by atoms with Crippen molar-refractivity contribution in [1.82, 2.24) is 9.88 Å². The van der Waals surface area contributed by atoms with Gasteiger partial charge in [-0.2, -0.15) is 0 Å². The summed E-state index contributed by atoms with van der Waals surface area (Å²) in [6.45, 7) is 3.03. The molecule has 3 aromatic rings. The van der Waals surface area contributed by atoms with E-state index in [1.807, 2.05) is 36.5 Å². The summed E-state index contributed by atoms with van der Waals surface area (Å²) in [7, 11) is 2.13. The minimum atomic E-state index is 0.410. The molecule has 0 aliphatic carbocycles. The Balaban J connectivity index is 1.66.